The number of rotatable bonds is 3. The van der Waals surface area contributed by atoms with Crippen LogP contribution in [0.1, 0.15) is 18.4 Å². The SMILES string of the molecule is Cc1ccc(NC(=O)C(=O)N2CCC3(CC2)OCCN3S(=O)(=O)c2ccccc2)cc1Cl. The van der Waals surface area contributed by atoms with Crippen molar-refractivity contribution >= 4 is 39.1 Å². The van der Waals surface area contributed by atoms with Crippen molar-refractivity contribution in [3.8, 4) is 0 Å². The molecule has 2 amide bonds. The molecule has 32 heavy (non-hydrogen) atoms. The van der Waals surface area contributed by atoms with E-state index in [0.29, 0.717) is 10.7 Å². The molecule has 2 saturated heterocycles. The van der Waals surface area contributed by atoms with Crippen LogP contribution in [0.4, 0.5) is 5.69 Å². The Labute approximate surface area is 192 Å². The van der Waals surface area contributed by atoms with Gasteiger partial charge in [-0.25, -0.2) is 8.42 Å². The third kappa shape index (κ3) is 4.25. The fourth-order valence-corrected chi connectivity index (χ4v) is 6.03. The van der Waals surface area contributed by atoms with Crippen molar-refractivity contribution in [1.29, 1.82) is 0 Å². The molecule has 2 aliphatic rings. The highest BCUT2D eigenvalue weighted by Gasteiger charge is 2.51. The number of likely N-dealkylation sites (tertiary alicyclic amines) is 1. The topological polar surface area (TPSA) is 96.0 Å². The van der Waals surface area contributed by atoms with E-state index in [1.807, 2.05) is 6.92 Å². The summed E-state index contributed by atoms with van der Waals surface area (Å²) in [5.41, 5.74) is 0.294. The molecule has 1 spiro atoms. The number of carbonyl (C=O) groups is 2. The molecule has 170 valence electrons. The molecule has 0 unspecified atom stereocenters. The number of aryl methyl sites for hydroxylation is 1. The molecule has 0 aromatic heterocycles. The zero-order valence-corrected chi connectivity index (χ0v) is 19.2. The van der Waals surface area contributed by atoms with Crippen LogP contribution in [0, 0.1) is 6.92 Å². The Morgan fingerprint density at radius 3 is 2.41 bits per heavy atom. The molecule has 0 atom stereocenters. The highest BCUT2D eigenvalue weighted by molar-refractivity contribution is 7.89. The number of piperidine rings is 1. The average Bonchev–Trinajstić information content (AvgIpc) is 3.20. The molecule has 0 radical (unpaired) electrons. The van der Waals surface area contributed by atoms with Gasteiger partial charge in [-0.05, 0) is 36.8 Å². The molecule has 1 N–H and O–H groups in total. The van der Waals surface area contributed by atoms with Gasteiger partial charge in [0, 0.05) is 43.2 Å². The number of benzene rings is 2. The van der Waals surface area contributed by atoms with Gasteiger partial charge in [-0.1, -0.05) is 35.9 Å². The van der Waals surface area contributed by atoms with Gasteiger partial charge in [0.05, 0.1) is 11.5 Å². The van der Waals surface area contributed by atoms with Crippen LogP contribution in [-0.4, -0.2) is 61.4 Å². The number of nitrogens with zero attached hydrogens (tertiary/aromatic N) is 2. The molecule has 0 bridgehead atoms. The normalized spacial score (nSPS) is 18.6. The Morgan fingerprint density at radius 2 is 1.75 bits per heavy atom. The largest absolute Gasteiger partial charge is 0.358 e. The van der Waals surface area contributed by atoms with Gasteiger partial charge in [-0.2, -0.15) is 4.31 Å². The van der Waals surface area contributed by atoms with E-state index in [1.165, 1.54) is 9.21 Å². The Morgan fingerprint density at radius 1 is 1.06 bits per heavy atom. The molecule has 10 heteroatoms. The van der Waals surface area contributed by atoms with Crippen molar-refractivity contribution in [1.82, 2.24) is 9.21 Å². The lowest BCUT2D eigenvalue weighted by atomic mass is 10.0. The van der Waals surface area contributed by atoms with Gasteiger partial charge in [-0.3, -0.25) is 9.59 Å². The highest BCUT2D eigenvalue weighted by Crippen LogP contribution is 2.38. The van der Waals surface area contributed by atoms with Gasteiger partial charge in [0.2, 0.25) is 10.0 Å². The zero-order valence-electron chi connectivity index (χ0n) is 17.6. The van der Waals surface area contributed by atoms with Gasteiger partial charge in [-0.15, -0.1) is 0 Å². The van der Waals surface area contributed by atoms with Crippen LogP contribution in [-0.2, 0) is 24.3 Å². The minimum Gasteiger partial charge on any atom is -0.358 e. The van der Waals surface area contributed by atoms with E-state index in [2.05, 4.69) is 5.32 Å². The fourth-order valence-electron chi connectivity index (χ4n) is 4.10. The van der Waals surface area contributed by atoms with E-state index in [0.717, 1.165) is 5.56 Å². The first kappa shape index (κ1) is 22.7. The lowest BCUT2D eigenvalue weighted by molar-refractivity contribution is -0.148. The lowest BCUT2D eigenvalue weighted by Gasteiger charge is -2.42. The monoisotopic (exact) mass is 477 g/mol. The molecule has 2 heterocycles. The van der Waals surface area contributed by atoms with Crippen molar-refractivity contribution in [2.24, 2.45) is 0 Å². The fraction of sp³-hybridized carbons (Fsp3) is 0.364. The van der Waals surface area contributed by atoms with E-state index in [4.69, 9.17) is 16.3 Å². The van der Waals surface area contributed by atoms with Gasteiger partial charge in [0.1, 0.15) is 5.72 Å². The third-order valence-electron chi connectivity index (χ3n) is 5.91. The summed E-state index contributed by atoms with van der Waals surface area (Å²) in [5.74, 6) is -1.44. The van der Waals surface area contributed by atoms with Crippen molar-refractivity contribution in [3.05, 3.63) is 59.1 Å². The van der Waals surface area contributed by atoms with Crippen molar-refractivity contribution < 1.29 is 22.7 Å². The second kappa shape index (κ2) is 8.82. The predicted molar refractivity (Wildman–Crippen MR) is 120 cm³/mol. The molecular weight excluding hydrogens is 454 g/mol. The summed E-state index contributed by atoms with van der Waals surface area (Å²) in [5, 5.41) is 3.06. The maximum Gasteiger partial charge on any atom is 0.313 e. The third-order valence-corrected chi connectivity index (χ3v) is 8.28. The quantitative estimate of drug-likeness (QED) is 0.685. The maximum atomic E-state index is 13.2. The van der Waals surface area contributed by atoms with Gasteiger partial charge < -0.3 is 15.0 Å². The van der Waals surface area contributed by atoms with Crippen LogP contribution in [0.15, 0.2) is 53.4 Å². The number of carbonyl (C=O) groups excluding carboxylic acids is 2. The van der Waals surface area contributed by atoms with Crippen molar-refractivity contribution in [3.63, 3.8) is 0 Å². The first-order valence-electron chi connectivity index (χ1n) is 10.3. The Balaban J connectivity index is 1.43. The number of hydrogen-bond donors (Lipinski definition) is 1. The van der Waals surface area contributed by atoms with E-state index < -0.39 is 27.6 Å². The summed E-state index contributed by atoms with van der Waals surface area (Å²) in [7, 11) is -3.74. The number of ether oxygens (including phenoxy) is 1. The number of nitrogens with one attached hydrogen (secondary N) is 1. The number of anilines is 1. The zero-order chi connectivity index (χ0) is 22.9. The van der Waals surface area contributed by atoms with E-state index >= 15 is 0 Å². The Bertz CT molecular complexity index is 1130. The van der Waals surface area contributed by atoms with Gasteiger partial charge in [0.25, 0.3) is 0 Å². The lowest BCUT2D eigenvalue weighted by Crippen LogP contribution is -2.56. The first-order chi connectivity index (χ1) is 15.2. The van der Waals surface area contributed by atoms with Crippen LogP contribution >= 0.6 is 11.6 Å². The van der Waals surface area contributed by atoms with Gasteiger partial charge >= 0.3 is 11.8 Å². The molecule has 0 aliphatic carbocycles. The second-order valence-corrected chi connectivity index (χ2v) is 10.2. The number of sulfonamides is 1. The Kier molecular flexibility index (Phi) is 6.26. The summed E-state index contributed by atoms with van der Waals surface area (Å²) in [6, 6.07) is 13.3. The van der Waals surface area contributed by atoms with E-state index in [1.54, 1.807) is 48.5 Å². The van der Waals surface area contributed by atoms with Crippen molar-refractivity contribution in [2.45, 2.75) is 30.4 Å². The second-order valence-electron chi connectivity index (χ2n) is 7.90. The summed E-state index contributed by atoms with van der Waals surface area (Å²) >= 11 is 6.08. The minimum atomic E-state index is -3.74. The summed E-state index contributed by atoms with van der Waals surface area (Å²) in [6.45, 7) is 2.80. The first-order valence-corrected chi connectivity index (χ1v) is 12.1. The van der Waals surface area contributed by atoms with Crippen LogP contribution < -0.4 is 5.32 Å². The van der Waals surface area contributed by atoms with Crippen LogP contribution in [0.5, 0.6) is 0 Å². The molecule has 2 fully saturated rings. The summed E-state index contributed by atoms with van der Waals surface area (Å²) in [6.07, 6.45) is 0.572. The standard InChI is InChI=1S/C22H24ClN3O5S/c1-16-7-8-17(15-19(16)23)24-20(27)21(28)25-11-9-22(10-12-25)26(13-14-31-22)32(29,30)18-5-3-2-4-6-18/h2-8,15H,9-14H2,1H3,(H,24,27). The summed E-state index contributed by atoms with van der Waals surface area (Å²) < 4.78 is 33.7. The molecule has 2 aliphatic heterocycles. The van der Waals surface area contributed by atoms with E-state index in [-0.39, 0.29) is 44.0 Å². The average molecular weight is 478 g/mol. The van der Waals surface area contributed by atoms with Gasteiger partial charge in [0.15, 0.2) is 0 Å². The highest BCUT2D eigenvalue weighted by atomic mass is 35.5. The maximum absolute atomic E-state index is 13.2. The predicted octanol–water partition coefficient (Wildman–Crippen LogP) is 2.63. The minimum absolute atomic E-state index is 0.208. The molecular formula is C22H24ClN3O5S. The number of amides is 2. The Hall–Kier alpha value is -2.46. The summed E-state index contributed by atoms with van der Waals surface area (Å²) in [4.78, 5) is 26.7. The molecule has 2 aromatic carbocycles. The van der Waals surface area contributed by atoms with Crippen LogP contribution in [0.25, 0.3) is 0 Å². The molecule has 2 aromatic rings. The van der Waals surface area contributed by atoms with E-state index in [9.17, 15) is 18.0 Å². The smallest absolute Gasteiger partial charge is 0.313 e. The number of hydrogen-bond acceptors (Lipinski definition) is 5. The molecule has 8 nitrogen and oxygen atoms in total. The number of halogens is 1. The molecule has 0 saturated carbocycles. The molecule has 4 rings (SSSR count). The van der Waals surface area contributed by atoms with Crippen molar-refractivity contribution in [2.75, 3.05) is 31.6 Å². The van der Waals surface area contributed by atoms with Crippen LogP contribution in [0.2, 0.25) is 5.02 Å². The van der Waals surface area contributed by atoms with Crippen LogP contribution in [0.3, 0.4) is 0 Å².